The van der Waals surface area contributed by atoms with Crippen molar-refractivity contribution in [3.63, 3.8) is 0 Å². The molecule has 1 aliphatic rings. The molecule has 1 aliphatic heterocycles. The van der Waals surface area contributed by atoms with Crippen LogP contribution in [0.25, 0.3) is 0 Å². The van der Waals surface area contributed by atoms with E-state index >= 15 is 0 Å². The fourth-order valence-electron chi connectivity index (χ4n) is 5.89. The van der Waals surface area contributed by atoms with Crippen LogP contribution in [0, 0.1) is 5.92 Å². The minimum absolute atomic E-state index is 0.0449. The molecule has 0 N–H and O–H groups in total. The lowest BCUT2D eigenvalue weighted by atomic mass is 9.82. The molecule has 0 bridgehead atoms. The molecule has 40 heavy (non-hydrogen) atoms. The van der Waals surface area contributed by atoms with Crippen LogP contribution in [0.15, 0.2) is 73.2 Å². The molecule has 6 heteroatoms. The lowest BCUT2D eigenvalue weighted by molar-refractivity contribution is -0.168. The van der Waals surface area contributed by atoms with Gasteiger partial charge in [-0.05, 0) is 68.2 Å². The predicted octanol–water partition coefficient (Wildman–Crippen LogP) is 7.27. The van der Waals surface area contributed by atoms with Gasteiger partial charge >= 0.3 is 5.97 Å². The van der Waals surface area contributed by atoms with Crippen LogP contribution in [0.3, 0.4) is 0 Å². The number of esters is 1. The summed E-state index contributed by atoms with van der Waals surface area (Å²) < 4.78 is 6.11. The van der Waals surface area contributed by atoms with Crippen LogP contribution >= 0.6 is 0 Å². The van der Waals surface area contributed by atoms with E-state index < -0.39 is 17.2 Å². The van der Waals surface area contributed by atoms with Crippen molar-refractivity contribution >= 4 is 11.9 Å². The molecule has 0 radical (unpaired) electrons. The van der Waals surface area contributed by atoms with Gasteiger partial charge < -0.3 is 9.64 Å². The van der Waals surface area contributed by atoms with Crippen LogP contribution < -0.4 is 0 Å². The molecule has 2 aromatic carbocycles. The molecule has 3 atom stereocenters. The van der Waals surface area contributed by atoms with Crippen LogP contribution in [0.2, 0.25) is 0 Å². The summed E-state index contributed by atoms with van der Waals surface area (Å²) in [4.78, 5) is 39.9. The van der Waals surface area contributed by atoms with E-state index in [1.807, 2.05) is 80.3 Å². The van der Waals surface area contributed by atoms with Gasteiger partial charge in [0.1, 0.15) is 11.1 Å². The van der Waals surface area contributed by atoms with Gasteiger partial charge in [-0.3, -0.25) is 14.8 Å². The van der Waals surface area contributed by atoms with E-state index in [-0.39, 0.29) is 29.1 Å². The van der Waals surface area contributed by atoms with E-state index in [9.17, 15) is 9.59 Å². The number of ether oxygens (including phenoxy) is 1. The standard InChI is InChI=1S/C34H43N3O3/c1-23(2)20-34(31(39)40-33(6,7)8)21-27(28-22-35-18-19-36-28)29(24-12-10-9-11-13-24)37(34)30(38)25-14-16-26(17-15-25)32(3,4)5/h9-19,22-23,27,29H,20-21H2,1-8H3/t27-,29+,34+/m1/s1. The van der Waals surface area contributed by atoms with Gasteiger partial charge in [0.25, 0.3) is 5.91 Å². The summed E-state index contributed by atoms with van der Waals surface area (Å²) in [6.45, 7) is 16.2. The van der Waals surface area contributed by atoms with Crippen molar-refractivity contribution in [2.75, 3.05) is 0 Å². The lowest BCUT2D eigenvalue weighted by Crippen LogP contribution is -2.56. The number of amides is 1. The molecule has 1 aromatic heterocycles. The monoisotopic (exact) mass is 541 g/mol. The summed E-state index contributed by atoms with van der Waals surface area (Å²) in [5.41, 5.74) is 1.45. The van der Waals surface area contributed by atoms with Crippen LogP contribution in [0.5, 0.6) is 0 Å². The highest BCUT2D eigenvalue weighted by atomic mass is 16.6. The maximum atomic E-state index is 14.7. The van der Waals surface area contributed by atoms with Crippen molar-refractivity contribution in [3.05, 3.63) is 95.6 Å². The van der Waals surface area contributed by atoms with Crippen LogP contribution in [0.4, 0.5) is 0 Å². The molecule has 6 nitrogen and oxygen atoms in total. The normalized spacial score (nSPS) is 21.5. The van der Waals surface area contributed by atoms with Crippen molar-refractivity contribution < 1.29 is 14.3 Å². The first-order valence-corrected chi connectivity index (χ1v) is 14.2. The third kappa shape index (κ3) is 6.11. The molecular weight excluding hydrogens is 498 g/mol. The van der Waals surface area contributed by atoms with Crippen molar-refractivity contribution in [1.82, 2.24) is 14.9 Å². The zero-order chi connectivity index (χ0) is 29.3. The number of rotatable bonds is 6. The van der Waals surface area contributed by atoms with E-state index in [0.29, 0.717) is 18.4 Å². The number of hydrogen-bond donors (Lipinski definition) is 0. The smallest absolute Gasteiger partial charge is 0.332 e. The quantitative estimate of drug-likeness (QED) is 0.307. The van der Waals surface area contributed by atoms with Crippen molar-refractivity contribution in [3.8, 4) is 0 Å². The van der Waals surface area contributed by atoms with Crippen molar-refractivity contribution in [2.45, 2.75) is 96.7 Å². The third-order valence-corrected chi connectivity index (χ3v) is 7.52. The highest BCUT2D eigenvalue weighted by molar-refractivity contribution is 5.99. The Morgan fingerprint density at radius 1 is 0.975 bits per heavy atom. The highest BCUT2D eigenvalue weighted by Gasteiger charge is 2.60. The van der Waals surface area contributed by atoms with E-state index in [0.717, 1.165) is 16.8 Å². The summed E-state index contributed by atoms with van der Waals surface area (Å²) in [5, 5.41) is 0. The van der Waals surface area contributed by atoms with E-state index in [1.54, 1.807) is 18.6 Å². The minimum Gasteiger partial charge on any atom is -0.458 e. The van der Waals surface area contributed by atoms with Gasteiger partial charge in [-0.1, -0.05) is 77.1 Å². The average Bonchev–Trinajstić information content (AvgIpc) is 3.23. The molecule has 4 rings (SSSR count). The molecule has 212 valence electrons. The Labute approximate surface area is 239 Å². The largest absolute Gasteiger partial charge is 0.458 e. The summed E-state index contributed by atoms with van der Waals surface area (Å²) >= 11 is 0. The Hall–Kier alpha value is -3.54. The van der Waals surface area contributed by atoms with Crippen LogP contribution in [-0.4, -0.2) is 37.9 Å². The molecular formula is C34H43N3O3. The van der Waals surface area contributed by atoms with Gasteiger partial charge in [-0.15, -0.1) is 0 Å². The molecule has 1 saturated heterocycles. The number of benzene rings is 2. The molecule has 3 aromatic rings. The number of hydrogen-bond acceptors (Lipinski definition) is 5. The summed E-state index contributed by atoms with van der Waals surface area (Å²) in [7, 11) is 0. The zero-order valence-corrected chi connectivity index (χ0v) is 25.1. The molecule has 0 saturated carbocycles. The van der Waals surface area contributed by atoms with Gasteiger partial charge in [0, 0.05) is 30.1 Å². The molecule has 0 unspecified atom stereocenters. The Kier molecular flexibility index (Phi) is 8.21. The van der Waals surface area contributed by atoms with Gasteiger partial charge in [0.15, 0.2) is 0 Å². The van der Waals surface area contributed by atoms with E-state index in [2.05, 4.69) is 44.6 Å². The molecule has 0 spiro atoms. The molecule has 1 fully saturated rings. The first-order valence-electron chi connectivity index (χ1n) is 14.2. The second-order valence-corrected chi connectivity index (χ2v) is 13.4. The van der Waals surface area contributed by atoms with Crippen LogP contribution in [0.1, 0.15) is 107 Å². The minimum atomic E-state index is -1.19. The number of likely N-dealkylation sites (tertiary alicyclic amines) is 1. The Bertz CT molecular complexity index is 1310. The van der Waals surface area contributed by atoms with Gasteiger partial charge in [-0.2, -0.15) is 0 Å². The third-order valence-electron chi connectivity index (χ3n) is 7.52. The first kappa shape index (κ1) is 29.4. The maximum absolute atomic E-state index is 14.7. The Balaban J connectivity index is 1.96. The Morgan fingerprint density at radius 2 is 1.62 bits per heavy atom. The van der Waals surface area contributed by atoms with E-state index in [4.69, 9.17) is 4.74 Å². The average molecular weight is 542 g/mol. The lowest BCUT2D eigenvalue weighted by Gasteiger charge is -2.42. The second kappa shape index (κ2) is 11.1. The zero-order valence-electron chi connectivity index (χ0n) is 25.1. The van der Waals surface area contributed by atoms with Gasteiger partial charge in [0.2, 0.25) is 0 Å². The van der Waals surface area contributed by atoms with Crippen LogP contribution in [-0.2, 0) is 14.9 Å². The van der Waals surface area contributed by atoms with Gasteiger partial charge in [-0.25, -0.2) is 4.79 Å². The topological polar surface area (TPSA) is 72.4 Å². The molecule has 2 heterocycles. The van der Waals surface area contributed by atoms with Gasteiger partial charge in [0.05, 0.1) is 11.7 Å². The number of carbonyl (C=O) groups is 2. The predicted molar refractivity (Wildman–Crippen MR) is 158 cm³/mol. The van der Waals surface area contributed by atoms with Crippen molar-refractivity contribution in [1.29, 1.82) is 0 Å². The first-order chi connectivity index (χ1) is 18.7. The fourth-order valence-corrected chi connectivity index (χ4v) is 5.89. The highest BCUT2D eigenvalue weighted by Crippen LogP contribution is 2.54. The van der Waals surface area contributed by atoms with E-state index in [1.165, 1.54) is 0 Å². The molecule has 1 amide bonds. The number of aromatic nitrogens is 2. The Morgan fingerprint density at radius 3 is 2.15 bits per heavy atom. The molecule has 0 aliphatic carbocycles. The summed E-state index contributed by atoms with van der Waals surface area (Å²) in [6, 6.07) is 17.3. The fraction of sp³-hybridized carbons (Fsp3) is 0.471. The SMILES string of the molecule is CC(C)C[C@@]1(C(=O)OC(C)(C)C)C[C@H](c2cnccn2)[C@H](c2ccccc2)N1C(=O)c1ccc(C(C)(C)C)cc1. The summed E-state index contributed by atoms with van der Waals surface area (Å²) in [5.74, 6) is -0.684. The second-order valence-electron chi connectivity index (χ2n) is 13.4. The summed E-state index contributed by atoms with van der Waals surface area (Å²) in [6.07, 6.45) is 5.93. The number of carbonyl (C=O) groups excluding carboxylic acids is 2. The maximum Gasteiger partial charge on any atom is 0.332 e. The van der Waals surface area contributed by atoms with Crippen molar-refractivity contribution in [2.24, 2.45) is 5.92 Å². The number of nitrogens with zero attached hydrogens (tertiary/aromatic N) is 3.